The van der Waals surface area contributed by atoms with Gasteiger partial charge in [-0.3, -0.25) is 9.59 Å². The number of halogens is 1. The van der Waals surface area contributed by atoms with Crippen LogP contribution in [0.15, 0.2) is 18.3 Å². The second-order valence-electron chi connectivity index (χ2n) is 11.5. The summed E-state index contributed by atoms with van der Waals surface area (Å²) in [4.78, 5) is 28.9. The Hall–Kier alpha value is -2.45. The Kier molecular flexibility index (Phi) is 6.16. The summed E-state index contributed by atoms with van der Waals surface area (Å²) in [5.41, 5.74) is 3.85. The number of hydrogen-bond donors (Lipinski definition) is 2. The summed E-state index contributed by atoms with van der Waals surface area (Å²) in [7, 11) is 0. The molecule has 0 radical (unpaired) electrons. The third-order valence-electron chi connectivity index (χ3n) is 7.55. The third kappa shape index (κ3) is 4.70. The van der Waals surface area contributed by atoms with Gasteiger partial charge in [-0.05, 0) is 66.8 Å². The number of hydrogen-bond acceptors (Lipinski definition) is 5. The molecule has 3 aliphatic rings. The van der Waals surface area contributed by atoms with Crippen molar-refractivity contribution in [2.75, 3.05) is 6.54 Å². The zero-order valence-electron chi connectivity index (χ0n) is 20.8. The summed E-state index contributed by atoms with van der Waals surface area (Å²) in [5, 5.41) is 22.9. The van der Waals surface area contributed by atoms with Gasteiger partial charge in [-0.1, -0.05) is 37.6 Å². The minimum atomic E-state index is -0.749. The molecule has 1 aromatic carbocycles. The fraction of sp³-hybridized carbons (Fsp3) is 0.615. The van der Waals surface area contributed by atoms with Crippen LogP contribution in [0, 0.1) is 12.3 Å². The largest absolute Gasteiger partial charge is 0.391 e. The third-order valence-corrected chi connectivity index (χ3v) is 7.77. The molecule has 0 bridgehead atoms. The van der Waals surface area contributed by atoms with E-state index in [1.54, 1.807) is 4.68 Å². The summed E-state index contributed by atoms with van der Waals surface area (Å²) < 4.78 is 1.65. The molecule has 4 atom stereocenters. The number of carbonyl (C=O) groups is 2. The van der Waals surface area contributed by atoms with E-state index in [4.69, 9.17) is 11.6 Å². The van der Waals surface area contributed by atoms with Crippen LogP contribution in [-0.4, -0.2) is 55.5 Å². The Labute approximate surface area is 211 Å². The number of benzene rings is 1. The number of aliphatic hydroxyl groups excluding tert-OH is 1. The number of likely N-dealkylation sites (tertiary alicyclic amines) is 1. The second kappa shape index (κ2) is 8.89. The molecule has 35 heavy (non-hydrogen) atoms. The van der Waals surface area contributed by atoms with Crippen molar-refractivity contribution < 1.29 is 14.7 Å². The molecule has 1 aromatic heterocycles. The number of nitrogens with one attached hydrogen (secondary N) is 1. The van der Waals surface area contributed by atoms with Gasteiger partial charge < -0.3 is 15.3 Å². The van der Waals surface area contributed by atoms with Crippen molar-refractivity contribution in [2.24, 2.45) is 5.41 Å². The molecule has 188 valence electrons. The number of amides is 2. The minimum absolute atomic E-state index is 0.125. The van der Waals surface area contributed by atoms with Crippen molar-refractivity contribution in [3.05, 3.63) is 45.7 Å². The first-order valence-electron chi connectivity index (χ1n) is 12.5. The van der Waals surface area contributed by atoms with Crippen molar-refractivity contribution in [3.8, 4) is 0 Å². The molecule has 2 fully saturated rings. The number of nitrogens with zero attached hydrogens (tertiary/aromatic N) is 4. The number of aliphatic hydroxyl groups is 1. The van der Waals surface area contributed by atoms with Gasteiger partial charge in [0.25, 0.3) is 0 Å². The molecule has 1 aliphatic heterocycles. The predicted octanol–water partition coefficient (Wildman–Crippen LogP) is 3.47. The van der Waals surface area contributed by atoms with Crippen LogP contribution in [-0.2, 0) is 16.0 Å². The zero-order chi connectivity index (χ0) is 25.1. The van der Waals surface area contributed by atoms with Crippen LogP contribution in [0.4, 0.5) is 0 Å². The smallest absolute Gasteiger partial charge is 0.248 e. The monoisotopic (exact) mass is 499 g/mol. The van der Waals surface area contributed by atoms with Crippen LogP contribution in [0.3, 0.4) is 0 Å². The van der Waals surface area contributed by atoms with Gasteiger partial charge in [0.1, 0.15) is 12.1 Å². The maximum absolute atomic E-state index is 13.9. The quantitative estimate of drug-likeness (QED) is 0.656. The number of aromatic nitrogens is 3. The van der Waals surface area contributed by atoms with Crippen molar-refractivity contribution in [2.45, 2.75) is 89.9 Å². The molecule has 1 saturated carbocycles. The fourth-order valence-corrected chi connectivity index (χ4v) is 5.92. The molecule has 4 unspecified atom stereocenters. The lowest BCUT2D eigenvalue weighted by Crippen LogP contribution is -2.50. The molecule has 2 aromatic rings. The lowest BCUT2D eigenvalue weighted by molar-refractivity contribution is -0.144. The average molecular weight is 500 g/mol. The van der Waals surface area contributed by atoms with Gasteiger partial charge in [-0.25, -0.2) is 4.68 Å². The summed E-state index contributed by atoms with van der Waals surface area (Å²) >= 11 is 6.29. The highest BCUT2D eigenvalue weighted by atomic mass is 35.5. The summed E-state index contributed by atoms with van der Waals surface area (Å²) in [5.74, 6) is -0.0273. The first-order valence-corrected chi connectivity index (χ1v) is 12.9. The van der Waals surface area contributed by atoms with Gasteiger partial charge >= 0.3 is 0 Å². The minimum Gasteiger partial charge on any atom is -0.391 e. The molecular weight excluding hydrogens is 466 g/mol. The Morgan fingerprint density at radius 2 is 1.97 bits per heavy atom. The SMILES string of the molecule is Cc1cc(Cl)cc2c1CCC2NC(=O)C1CC(O)CN1C(=O)C(n1cc(C2CC2)nn1)C(C)(C)C. The number of rotatable bonds is 5. The lowest BCUT2D eigenvalue weighted by Gasteiger charge is -2.34. The molecule has 2 amide bonds. The number of aryl methyl sites for hydroxylation is 1. The van der Waals surface area contributed by atoms with E-state index < -0.39 is 23.6 Å². The number of fused-ring (bicyclic) bond motifs is 1. The van der Waals surface area contributed by atoms with Gasteiger partial charge in [0, 0.05) is 30.1 Å². The van der Waals surface area contributed by atoms with E-state index in [0.717, 1.165) is 42.5 Å². The van der Waals surface area contributed by atoms with Gasteiger partial charge in [0.2, 0.25) is 11.8 Å². The highest BCUT2D eigenvalue weighted by Crippen LogP contribution is 2.41. The van der Waals surface area contributed by atoms with Crippen LogP contribution in [0.1, 0.15) is 86.8 Å². The standard InChI is InChI=1S/C26H34ClN5O3/c1-14-9-16(27)10-19-18(14)7-8-20(19)28-24(34)22-11-17(33)12-31(22)25(35)23(26(2,3)4)32-13-21(29-30-32)15-5-6-15/h9-10,13,15,17,20,22-23,33H,5-8,11-12H2,1-4H3,(H,28,34). The van der Waals surface area contributed by atoms with Crippen molar-refractivity contribution in [1.82, 2.24) is 25.2 Å². The van der Waals surface area contributed by atoms with Crippen molar-refractivity contribution in [1.29, 1.82) is 0 Å². The molecular formula is C26H34ClN5O3. The van der Waals surface area contributed by atoms with E-state index in [1.165, 1.54) is 10.5 Å². The number of β-amino-alcohol motifs (C(OH)–C–C–N with tert-alkyl or cyclic N) is 1. The van der Waals surface area contributed by atoms with Crippen LogP contribution < -0.4 is 5.32 Å². The van der Waals surface area contributed by atoms with Gasteiger partial charge in [0.05, 0.1) is 17.8 Å². The maximum atomic E-state index is 13.9. The van der Waals surface area contributed by atoms with E-state index in [1.807, 2.05) is 46.0 Å². The Morgan fingerprint density at radius 3 is 2.66 bits per heavy atom. The van der Waals surface area contributed by atoms with Crippen LogP contribution >= 0.6 is 11.6 Å². The first kappa shape index (κ1) is 24.3. The molecule has 2 heterocycles. The van der Waals surface area contributed by atoms with Crippen LogP contribution in [0.25, 0.3) is 0 Å². The second-order valence-corrected chi connectivity index (χ2v) is 11.9. The highest BCUT2D eigenvalue weighted by Gasteiger charge is 2.46. The van der Waals surface area contributed by atoms with E-state index in [2.05, 4.69) is 15.6 Å². The zero-order valence-corrected chi connectivity index (χ0v) is 21.5. The molecule has 1 saturated heterocycles. The topological polar surface area (TPSA) is 100 Å². The highest BCUT2D eigenvalue weighted by molar-refractivity contribution is 6.30. The summed E-state index contributed by atoms with van der Waals surface area (Å²) in [6.45, 7) is 8.11. The Morgan fingerprint density at radius 1 is 1.23 bits per heavy atom. The molecule has 9 heteroatoms. The Bertz CT molecular complexity index is 1150. The van der Waals surface area contributed by atoms with Crippen LogP contribution in [0.5, 0.6) is 0 Å². The van der Waals surface area contributed by atoms with E-state index in [0.29, 0.717) is 10.9 Å². The normalized spacial score (nSPS) is 25.0. The van der Waals surface area contributed by atoms with Crippen molar-refractivity contribution in [3.63, 3.8) is 0 Å². The average Bonchev–Trinajstić information content (AvgIpc) is 3.17. The van der Waals surface area contributed by atoms with Crippen LogP contribution in [0.2, 0.25) is 5.02 Å². The van der Waals surface area contributed by atoms with Gasteiger partial charge in [0.15, 0.2) is 0 Å². The lowest BCUT2D eigenvalue weighted by atomic mass is 9.85. The Balaban J connectivity index is 1.37. The summed E-state index contributed by atoms with van der Waals surface area (Å²) in [6, 6.07) is 2.35. The molecule has 5 rings (SSSR count). The van der Waals surface area contributed by atoms with E-state index in [9.17, 15) is 14.7 Å². The van der Waals surface area contributed by atoms with Crippen molar-refractivity contribution >= 4 is 23.4 Å². The van der Waals surface area contributed by atoms with E-state index >= 15 is 0 Å². The summed E-state index contributed by atoms with van der Waals surface area (Å²) in [6.07, 6.45) is 5.20. The fourth-order valence-electron chi connectivity index (χ4n) is 5.64. The number of carbonyl (C=O) groups excluding carboxylic acids is 2. The molecule has 2 N–H and O–H groups in total. The molecule has 0 spiro atoms. The van der Waals surface area contributed by atoms with Gasteiger partial charge in [-0.15, -0.1) is 5.10 Å². The molecule has 2 aliphatic carbocycles. The van der Waals surface area contributed by atoms with Gasteiger partial charge in [-0.2, -0.15) is 0 Å². The maximum Gasteiger partial charge on any atom is 0.248 e. The van der Waals surface area contributed by atoms with E-state index in [-0.39, 0.29) is 30.8 Å². The predicted molar refractivity (Wildman–Crippen MR) is 132 cm³/mol. The molecule has 8 nitrogen and oxygen atoms in total. The first-order chi connectivity index (χ1) is 16.5.